The molecule has 1 atom stereocenters. The molecule has 0 aliphatic heterocycles. The predicted octanol–water partition coefficient (Wildman–Crippen LogP) is -0.0777. The van der Waals surface area contributed by atoms with E-state index in [1.807, 2.05) is 0 Å². The summed E-state index contributed by atoms with van der Waals surface area (Å²) < 4.78 is 0. The number of nitrogens with zero attached hydrogens (tertiary/aromatic N) is 1. The molecule has 0 fully saturated rings. The zero-order valence-corrected chi connectivity index (χ0v) is 7.19. The van der Waals surface area contributed by atoms with E-state index in [0.29, 0.717) is 5.56 Å². The molecular weight excluding hydrogens is 170 g/mol. The van der Waals surface area contributed by atoms with Gasteiger partial charge in [0, 0.05) is 11.8 Å². The third kappa shape index (κ3) is 1.59. The molecule has 0 bridgehead atoms. The lowest BCUT2D eigenvalue weighted by Crippen LogP contribution is -2.42. The van der Waals surface area contributed by atoms with E-state index in [-0.39, 0.29) is 5.82 Å². The van der Waals surface area contributed by atoms with Gasteiger partial charge in [0.2, 0.25) is 0 Å². The van der Waals surface area contributed by atoms with E-state index in [1.54, 1.807) is 12.1 Å². The summed E-state index contributed by atoms with van der Waals surface area (Å²) in [4.78, 5) is 14.5. The van der Waals surface area contributed by atoms with Crippen molar-refractivity contribution in [2.75, 3.05) is 5.73 Å². The molecule has 0 amide bonds. The molecule has 0 aromatic carbocycles. The monoisotopic (exact) mass is 181 g/mol. The number of carboxylic acid groups (broad SMARTS) is 1. The Hall–Kier alpha value is -1.62. The molecule has 5 nitrogen and oxygen atoms in total. The SMILES string of the molecule is C[C@@](N)(C(=O)O)c1cccnc1N. The van der Waals surface area contributed by atoms with Crippen molar-refractivity contribution in [3.05, 3.63) is 23.9 Å². The molecule has 0 aliphatic rings. The lowest BCUT2D eigenvalue weighted by atomic mass is 9.94. The highest BCUT2D eigenvalue weighted by molar-refractivity contribution is 5.81. The number of carboxylic acids is 1. The summed E-state index contributed by atoms with van der Waals surface area (Å²) in [6.45, 7) is 1.38. The van der Waals surface area contributed by atoms with Gasteiger partial charge >= 0.3 is 5.97 Å². The van der Waals surface area contributed by atoms with Crippen LogP contribution in [-0.2, 0) is 10.3 Å². The zero-order valence-electron chi connectivity index (χ0n) is 7.19. The van der Waals surface area contributed by atoms with Crippen LogP contribution in [0.15, 0.2) is 18.3 Å². The Kier molecular flexibility index (Phi) is 2.20. The number of hydrogen-bond donors (Lipinski definition) is 3. The Morgan fingerprint density at radius 2 is 2.31 bits per heavy atom. The minimum atomic E-state index is -1.49. The van der Waals surface area contributed by atoms with Crippen LogP contribution in [0.4, 0.5) is 5.82 Å². The summed E-state index contributed by atoms with van der Waals surface area (Å²) in [6, 6.07) is 3.15. The van der Waals surface area contributed by atoms with Crippen molar-refractivity contribution in [3.8, 4) is 0 Å². The standard InChI is InChI=1S/C8H11N3O2/c1-8(10,7(12)13)5-3-2-4-11-6(5)9/h2-4H,10H2,1H3,(H2,9,11)(H,12,13)/t8-/m0/s1. The summed E-state index contributed by atoms with van der Waals surface area (Å²) in [5.74, 6) is -0.984. The van der Waals surface area contributed by atoms with Crippen LogP contribution in [0.5, 0.6) is 0 Å². The van der Waals surface area contributed by atoms with Crippen LogP contribution in [0.1, 0.15) is 12.5 Å². The first-order valence-electron chi connectivity index (χ1n) is 3.69. The van der Waals surface area contributed by atoms with Gasteiger partial charge in [-0.1, -0.05) is 6.07 Å². The zero-order chi connectivity index (χ0) is 10.1. The highest BCUT2D eigenvalue weighted by Gasteiger charge is 2.32. The number of aromatic nitrogens is 1. The minimum absolute atomic E-state index is 0.148. The van der Waals surface area contributed by atoms with Gasteiger partial charge in [-0.2, -0.15) is 0 Å². The maximum atomic E-state index is 10.8. The first-order valence-corrected chi connectivity index (χ1v) is 3.69. The van der Waals surface area contributed by atoms with Gasteiger partial charge in [0.25, 0.3) is 0 Å². The third-order valence-electron chi connectivity index (χ3n) is 1.84. The fourth-order valence-electron chi connectivity index (χ4n) is 0.972. The van der Waals surface area contributed by atoms with E-state index >= 15 is 0 Å². The first kappa shape index (κ1) is 9.47. The van der Waals surface area contributed by atoms with Gasteiger partial charge in [-0.05, 0) is 13.0 Å². The second kappa shape index (κ2) is 3.02. The van der Waals surface area contributed by atoms with Crippen molar-refractivity contribution in [2.24, 2.45) is 5.73 Å². The highest BCUT2D eigenvalue weighted by atomic mass is 16.4. The van der Waals surface area contributed by atoms with Gasteiger partial charge < -0.3 is 16.6 Å². The van der Waals surface area contributed by atoms with Crippen molar-refractivity contribution < 1.29 is 9.90 Å². The number of rotatable bonds is 2. The molecule has 0 aliphatic carbocycles. The van der Waals surface area contributed by atoms with Crippen LogP contribution in [0.3, 0.4) is 0 Å². The number of hydrogen-bond acceptors (Lipinski definition) is 4. The number of aliphatic carboxylic acids is 1. The maximum absolute atomic E-state index is 10.8. The molecule has 5 N–H and O–H groups in total. The Labute approximate surface area is 75.4 Å². The van der Waals surface area contributed by atoms with Gasteiger partial charge in [0.05, 0.1) is 0 Å². The van der Waals surface area contributed by atoms with E-state index in [0.717, 1.165) is 0 Å². The van der Waals surface area contributed by atoms with E-state index in [1.165, 1.54) is 13.1 Å². The molecule has 70 valence electrons. The van der Waals surface area contributed by atoms with Crippen LogP contribution >= 0.6 is 0 Å². The van der Waals surface area contributed by atoms with Gasteiger partial charge in [0.1, 0.15) is 11.4 Å². The Morgan fingerprint density at radius 1 is 1.69 bits per heavy atom. The lowest BCUT2D eigenvalue weighted by molar-refractivity contribution is -0.143. The van der Waals surface area contributed by atoms with Gasteiger partial charge in [-0.25, -0.2) is 9.78 Å². The van der Waals surface area contributed by atoms with Crippen molar-refractivity contribution in [1.82, 2.24) is 4.98 Å². The van der Waals surface area contributed by atoms with Gasteiger partial charge in [-0.3, -0.25) is 0 Å². The number of nitrogens with two attached hydrogens (primary N) is 2. The quantitative estimate of drug-likeness (QED) is 0.592. The third-order valence-corrected chi connectivity index (χ3v) is 1.84. The fourth-order valence-corrected chi connectivity index (χ4v) is 0.972. The normalized spacial score (nSPS) is 14.9. The summed E-state index contributed by atoms with van der Waals surface area (Å²) in [7, 11) is 0. The topological polar surface area (TPSA) is 102 Å². The smallest absolute Gasteiger partial charge is 0.328 e. The fraction of sp³-hybridized carbons (Fsp3) is 0.250. The van der Waals surface area contributed by atoms with E-state index in [2.05, 4.69) is 4.98 Å². The average molecular weight is 181 g/mol. The van der Waals surface area contributed by atoms with Gasteiger partial charge in [0.15, 0.2) is 0 Å². The molecule has 13 heavy (non-hydrogen) atoms. The molecule has 1 heterocycles. The molecular formula is C8H11N3O2. The predicted molar refractivity (Wildman–Crippen MR) is 47.8 cm³/mol. The van der Waals surface area contributed by atoms with Crippen molar-refractivity contribution in [3.63, 3.8) is 0 Å². The van der Waals surface area contributed by atoms with E-state index < -0.39 is 11.5 Å². The summed E-state index contributed by atoms with van der Waals surface area (Å²) in [5.41, 5.74) is 9.89. The Morgan fingerprint density at radius 3 is 2.77 bits per heavy atom. The molecule has 1 aromatic heterocycles. The largest absolute Gasteiger partial charge is 0.480 e. The molecule has 0 radical (unpaired) electrons. The van der Waals surface area contributed by atoms with Crippen LogP contribution in [0.25, 0.3) is 0 Å². The maximum Gasteiger partial charge on any atom is 0.328 e. The van der Waals surface area contributed by atoms with Crippen molar-refractivity contribution >= 4 is 11.8 Å². The van der Waals surface area contributed by atoms with Crippen LogP contribution in [0, 0.1) is 0 Å². The number of carbonyl (C=O) groups is 1. The number of nitrogen functional groups attached to an aromatic ring is 1. The molecule has 0 unspecified atom stereocenters. The highest BCUT2D eigenvalue weighted by Crippen LogP contribution is 2.21. The summed E-state index contributed by atoms with van der Waals surface area (Å²) >= 11 is 0. The molecule has 0 saturated heterocycles. The molecule has 0 saturated carbocycles. The van der Waals surface area contributed by atoms with E-state index in [9.17, 15) is 4.79 Å². The molecule has 1 rings (SSSR count). The van der Waals surface area contributed by atoms with Crippen LogP contribution in [-0.4, -0.2) is 16.1 Å². The van der Waals surface area contributed by atoms with Crippen molar-refractivity contribution in [2.45, 2.75) is 12.5 Å². The molecule has 5 heteroatoms. The summed E-state index contributed by atoms with van der Waals surface area (Å²) in [5, 5.41) is 8.81. The number of pyridine rings is 1. The van der Waals surface area contributed by atoms with Crippen molar-refractivity contribution in [1.29, 1.82) is 0 Å². The first-order chi connectivity index (χ1) is 5.96. The second-order valence-corrected chi connectivity index (χ2v) is 2.94. The minimum Gasteiger partial charge on any atom is -0.480 e. The van der Waals surface area contributed by atoms with Crippen LogP contribution in [0.2, 0.25) is 0 Å². The number of anilines is 1. The lowest BCUT2D eigenvalue weighted by Gasteiger charge is -2.20. The average Bonchev–Trinajstić information content (AvgIpc) is 2.04. The van der Waals surface area contributed by atoms with E-state index in [4.69, 9.17) is 16.6 Å². The molecule has 1 aromatic rings. The summed E-state index contributed by atoms with van der Waals surface area (Å²) in [6.07, 6.45) is 1.48. The van der Waals surface area contributed by atoms with Crippen LogP contribution < -0.4 is 11.5 Å². The van der Waals surface area contributed by atoms with Gasteiger partial charge in [-0.15, -0.1) is 0 Å². The Balaban J connectivity index is 3.22. The Bertz CT molecular complexity index is 336. The molecule has 0 spiro atoms. The second-order valence-electron chi connectivity index (χ2n) is 2.94.